The third-order valence-electron chi connectivity index (χ3n) is 5.72. The molecule has 0 saturated heterocycles. The minimum Gasteiger partial charge on any atom is -0.271 e. The molecule has 0 bridgehead atoms. The van der Waals surface area contributed by atoms with Crippen LogP contribution in [0.1, 0.15) is 62.1 Å². The molecule has 0 heterocycles. The second kappa shape index (κ2) is 6.45. The zero-order valence-electron chi connectivity index (χ0n) is 12.9. The van der Waals surface area contributed by atoms with E-state index in [1.165, 1.54) is 44.9 Å². The molecule has 2 saturated carbocycles. The van der Waals surface area contributed by atoms with Crippen molar-refractivity contribution >= 4 is 0 Å². The first kappa shape index (κ1) is 15.0. The van der Waals surface area contributed by atoms with Crippen molar-refractivity contribution in [2.45, 2.75) is 57.9 Å². The minimum absolute atomic E-state index is 0.0484. The standard InChI is InChI=1S/C18H27FN2/c1-12-6-9-17(19)16(10-12)18(21-20)15-8-7-13-4-2-3-5-14(13)11-15/h6,9-10,13-15,18,21H,2-5,7-8,11,20H2,1H3. The molecule has 2 aliphatic carbocycles. The van der Waals surface area contributed by atoms with E-state index in [-0.39, 0.29) is 11.9 Å². The lowest BCUT2D eigenvalue weighted by atomic mass is 9.65. The Morgan fingerprint density at radius 1 is 1.14 bits per heavy atom. The Morgan fingerprint density at radius 3 is 2.67 bits per heavy atom. The Morgan fingerprint density at radius 2 is 1.90 bits per heavy atom. The van der Waals surface area contributed by atoms with E-state index >= 15 is 0 Å². The molecule has 3 rings (SSSR count). The van der Waals surface area contributed by atoms with Crippen LogP contribution < -0.4 is 11.3 Å². The van der Waals surface area contributed by atoms with E-state index < -0.39 is 0 Å². The predicted molar refractivity (Wildman–Crippen MR) is 84.0 cm³/mol. The van der Waals surface area contributed by atoms with Crippen LogP contribution in [0.3, 0.4) is 0 Å². The quantitative estimate of drug-likeness (QED) is 0.645. The summed E-state index contributed by atoms with van der Waals surface area (Å²) in [6.07, 6.45) is 9.19. The van der Waals surface area contributed by atoms with Crippen molar-refractivity contribution < 1.29 is 4.39 Å². The number of aryl methyl sites for hydroxylation is 1. The highest BCUT2D eigenvalue weighted by Gasteiger charge is 2.36. The lowest BCUT2D eigenvalue weighted by molar-refractivity contribution is 0.108. The monoisotopic (exact) mass is 290 g/mol. The number of hydrazine groups is 1. The largest absolute Gasteiger partial charge is 0.271 e. The van der Waals surface area contributed by atoms with Gasteiger partial charge in [0.25, 0.3) is 0 Å². The summed E-state index contributed by atoms with van der Waals surface area (Å²) in [5, 5.41) is 0. The van der Waals surface area contributed by atoms with Crippen molar-refractivity contribution in [1.29, 1.82) is 0 Å². The Labute approximate surface area is 127 Å². The van der Waals surface area contributed by atoms with Crippen molar-refractivity contribution in [3.8, 4) is 0 Å². The fourth-order valence-corrected chi connectivity index (χ4v) is 4.59. The molecule has 0 aliphatic heterocycles. The topological polar surface area (TPSA) is 38.0 Å². The number of hydrogen-bond acceptors (Lipinski definition) is 2. The van der Waals surface area contributed by atoms with Crippen LogP contribution >= 0.6 is 0 Å². The van der Waals surface area contributed by atoms with Gasteiger partial charge >= 0.3 is 0 Å². The number of hydrogen-bond donors (Lipinski definition) is 2. The van der Waals surface area contributed by atoms with Crippen LogP contribution in [0.25, 0.3) is 0 Å². The van der Waals surface area contributed by atoms with Crippen LogP contribution in [0.4, 0.5) is 4.39 Å². The van der Waals surface area contributed by atoms with E-state index in [4.69, 9.17) is 5.84 Å². The second-order valence-corrected chi connectivity index (χ2v) is 7.05. The lowest BCUT2D eigenvalue weighted by Crippen LogP contribution is -2.38. The molecule has 2 fully saturated rings. The summed E-state index contributed by atoms with van der Waals surface area (Å²) in [4.78, 5) is 0. The third-order valence-corrected chi connectivity index (χ3v) is 5.72. The highest BCUT2D eigenvalue weighted by atomic mass is 19.1. The number of nitrogens with one attached hydrogen (secondary N) is 1. The molecule has 0 aromatic heterocycles. The van der Waals surface area contributed by atoms with Gasteiger partial charge in [-0.05, 0) is 50.0 Å². The molecule has 2 aliphatic rings. The van der Waals surface area contributed by atoms with Crippen molar-refractivity contribution in [3.05, 3.63) is 35.1 Å². The third kappa shape index (κ3) is 3.14. The fraction of sp³-hybridized carbons (Fsp3) is 0.667. The number of fused-ring (bicyclic) bond motifs is 1. The molecule has 1 aromatic carbocycles. The molecule has 3 heteroatoms. The maximum Gasteiger partial charge on any atom is 0.128 e. The Hall–Kier alpha value is -0.930. The average Bonchev–Trinajstić information content (AvgIpc) is 2.51. The zero-order valence-corrected chi connectivity index (χ0v) is 12.9. The zero-order chi connectivity index (χ0) is 14.8. The van der Waals surface area contributed by atoms with E-state index in [2.05, 4.69) is 5.43 Å². The summed E-state index contributed by atoms with van der Waals surface area (Å²) < 4.78 is 14.2. The predicted octanol–water partition coefficient (Wildman–Crippen LogP) is 4.25. The summed E-state index contributed by atoms with van der Waals surface area (Å²) in [6, 6.07) is 5.30. The van der Waals surface area contributed by atoms with Gasteiger partial charge in [-0.1, -0.05) is 43.4 Å². The normalized spacial score (nSPS) is 30.7. The van der Waals surface area contributed by atoms with Gasteiger partial charge in [-0.15, -0.1) is 0 Å². The highest BCUT2D eigenvalue weighted by Crippen LogP contribution is 2.46. The summed E-state index contributed by atoms with van der Waals surface area (Å²) in [5.41, 5.74) is 4.75. The van der Waals surface area contributed by atoms with Gasteiger partial charge in [-0.2, -0.15) is 0 Å². The molecule has 4 unspecified atom stereocenters. The van der Waals surface area contributed by atoms with Crippen LogP contribution in [-0.2, 0) is 0 Å². The molecule has 0 radical (unpaired) electrons. The number of nitrogens with two attached hydrogens (primary N) is 1. The number of benzene rings is 1. The van der Waals surface area contributed by atoms with E-state index in [1.807, 2.05) is 19.1 Å². The molecule has 21 heavy (non-hydrogen) atoms. The SMILES string of the molecule is Cc1ccc(F)c(C(NN)C2CCC3CCCCC3C2)c1. The molecule has 0 spiro atoms. The van der Waals surface area contributed by atoms with Gasteiger partial charge in [0, 0.05) is 5.56 Å². The maximum absolute atomic E-state index is 14.2. The second-order valence-electron chi connectivity index (χ2n) is 7.05. The van der Waals surface area contributed by atoms with E-state index in [1.54, 1.807) is 6.07 Å². The molecule has 3 N–H and O–H groups in total. The van der Waals surface area contributed by atoms with Gasteiger partial charge in [0.1, 0.15) is 5.82 Å². The molecule has 2 nitrogen and oxygen atoms in total. The first-order valence-corrected chi connectivity index (χ1v) is 8.41. The van der Waals surface area contributed by atoms with Crippen LogP contribution in [0.2, 0.25) is 0 Å². The van der Waals surface area contributed by atoms with Gasteiger partial charge in [0.2, 0.25) is 0 Å². The smallest absolute Gasteiger partial charge is 0.128 e. The first-order chi connectivity index (χ1) is 10.2. The first-order valence-electron chi connectivity index (χ1n) is 8.41. The number of halogens is 1. The molecular weight excluding hydrogens is 263 g/mol. The summed E-state index contributed by atoms with van der Waals surface area (Å²) in [7, 11) is 0. The molecular formula is C18H27FN2. The van der Waals surface area contributed by atoms with E-state index in [9.17, 15) is 4.39 Å². The molecule has 4 atom stereocenters. The van der Waals surface area contributed by atoms with Crippen LogP contribution in [0.5, 0.6) is 0 Å². The van der Waals surface area contributed by atoms with Crippen molar-refractivity contribution in [2.75, 3.05) is 0 Å². The molecule has 116 valence electrons. The van der Waals surface area contributed by atoms with Gasteiger partial charge in [-0.25, -0.2) is 4.39 Å². The molecule has 1 aromatic rings. The van der Waals surface area contributed by atoms with Crippen molar-refractivity contribution in [3.63, 3.8) is 0 Å². The Balaban J connectivity index is 1.78. The Bertz CT molecular complexity index is 488. The van der Waals surface area contributed by atoms with E-state index in [0.29, 0.717) is 5.92 Å². The van der Waals surface area contributed by atoms with Gasteiger partial charge in [0.05, 0.1) is 6.04 Å². The van der Waals surface area contributed by atoms with Gasteiger partial charge in [-0.3, -0.25) is 11.3 Å². The van der Waals surface area contributed by atoms with Crippen LogP contribution in [0.15, 0.2) is 18.2 Å². The lowest BCUT2D eigenvalue weighted by Gasteiger charge is -2.42. The summed E-state index contributed by atoms with van der Waals surface area (Å²) in [6.45, 7) is 2.01. The average molecular weight is 290 g/mol. The van der Waals surface area contributed by atoms with Gasteiger partial charge < -0.3 is 0 Å². The van der Waals surface area contributed by atoms with E-state index in [0.717, 1.165) is 23.0 Å². The molecule has 0 amide bonds. The highest BCUT2D eigenvalue weighted by molar-refractivity contribution is 5.27. The maximum atomic E-state index is 14.2. The summed E-state index contributed by atoms with van der Waals surface area (Å²) >= 11 is 0. The Kier molecular flexibility index (Phi) is 4.60. The fourth-order valence-electron chi connectivity index (χ4n) is 4.59. The van der Waals surface area contributed by atoms with Crippen molar-refractivity contribution in [2.24, 2.45) is 23.6 Å². The van der Waals surface area contributed by atoms with Crippen molar-refractivity contribution in [1.82, 2.24) is 5.43 Å². The van der Waals surface area contributed by atoms with Crippen LogP contribution in [-0.4, -0.2) is 0 Å². The summed E-state index contributed by atoms with van der Waals surface area (Å²) in [5.74, 6) is 7.89. The number of rotatable bonds is 3. The van der Waals surface area contributed by atoms with Crippen LogP contribution in [0, 0.1) is 30.5 Å². The minimum atomic E-state index is -0.130. The van der Waals surface area contributed by atoms with Gasteiger partial charge in [0.15, 0.2) is 0 Å².